The number of amides is 2. The van der Waals surface area contributed by atoms with Crippen LogP contribution in [0, 0.1) is 5.92 Å². The van der Waals surface area contributed by atoms with Crippen LogP contribution in [0.15, 0.2) is 24.3 Å². The first-order chi connectivity index (χ1) is 10.2. The van der Waals surface area contributed by atoms with Crippen LogP contribution in [0.4, 0.5) is 5.69 Å². The highest BCUT2D eigenvalue weighted by molar-refractivity contribution is 5.97. The molecule has 1 unspecified atom stereocenters. The van der Waals surface area contributed by atoms with Crippen LogP contribution < -0.4 is 10.6 Å². The van der Waals surface area contributed by atoms with Gasteiger partial charge in [0.05, 0.1) is 0 Å². The Morgan fingerprint density at radius 3 is 2.43 bits per heavy atom. The first kappa shape index (κ1) is 14.1. The Balaban J connectivity index is 1.72. The number of carbonyl (C=O) groups excluding carboxylic acids is 2. The number of likely N-dealkylation sites (tertiary alicyclic amines) is 1. The van der Waals surface area contributed by atoms with E-state index in [1.165, 1.54) is 0 Å². The van der Waals surface area contributed by atoms with Gasteiger partial charge in [0.25, 0.3) is 5.91 Å². The van der Waals surface area contributed by atoms with Gasteiger partial charge in [0.15, 0.2) is 0 Å². The van der Waals surface area contributed by atoms with Crippen molar-refractivity contribution in [1.82, 2.24) is 4.90 Å². The minimum absolute atomic E-state index is 0.0895. The number of hydrogen-bond donors (Lipinski definition) is 1. The predicted octanol–water partition coefficient (Wildman–Crippen LogP) is 1.23. The van der Waals surface area contributed by atoms with E-state index in [1.807, 2.05) is 29.2 Å². The number of anilines is 1. The van der Waals surface area contributed by atoms with Gasteiger partial charge in [-0.2, -0.15) is 0 Å². The maximum Gasteiger partial charge on any atom is 0.253 e. The quantitative estimate of drug-likeness (QED) is 0.909. The van der Waals surface area contributed by atoms with Crippen LogP contribution in [0.25, 0.3) is 0 Å². The first-order valence-electron chi connectivity index (χ1n) is 7.59. The van der Waals surface area contributed by atoms with Gasteiger partial charge in [-0.1, -0.05) is 0 Å². The summed E-state index contributed by atoms with van der Waals surface area (Å²) in [7, 11) is 0. The lowest BCUT2D eigenvalue weighted by Gasteiger charge is -2.18. The van der Waals surface area contributed by atoms with Crippen molar-refractivity contribution in [3.05, 3.63) is 29.8 Å². The summed E-state index contributed by atoms with van der Waals surface area (Å²) in [4.78, 5) is 27.9. The fourth-order valence-corrected chi connectivity index (χ4v) is 3.08. The van der Waals surface area contributed by atoms with E-state index >= 15 is 0 Å². The molecule has 2 amide bonds. The summed E-state index contributed by atoms with van der Waals surface area (Å²) in [5.41, 5.74) is 7.19. The van der Waals surface area contributed by atoms with Crippen LogP contribution in [0.5, 0.6) is 0 Å². The molecule has 0 saturated carbocycles. The van der Waals surface area contributed by atoms with Crippen LogP contribution >= 0.6 is 0 Å². The molecule has 2 N–H and O–H groups in total. The molecular formula is C16H21N3O2. The number of benzene rings is 1. The fraction of sp³-hybridized carbons (Fsp3) is 0.500. The number of hydrogen-bond acceptors (Lipinski definition) is 3. The lowest BCUT2D eigenvalue weighted by atomic mass is 10.1. The SMILES string of the molecule is NCC1CC(=O)N(c2ccc(C(=O)N3CCCC3)cc2)C1. The average molecular weight is 287 g/mol. The van der Waals surface area contributed by atoms with E-state index < -0.39 is 0 Å². The summed E-state index contributed by atoms with van der Waals surface area (Å²) in [6.45, 7) is 2.91. The Labute approximate surface area is 124 Å². The molecule has 0 bridgehead atoms. The first-order valence-corrected chi connectivity index (χ1v) is 7.59. The highest BCUT2D eigenvalue weighted by Crippen LogP contribution is 2.25. The van der Waals surface area contributed by atoms with Gasteiger partial charge in [0.2, 0.25) is 5.91 Å². The molecule has 2 heterocycles. The maximum absolute atomic E-state index is 12.3. The Morgan fingerprint density at radius 1 is 1.19 bits per heavy atom. The lowest BCUT2D eigenvalue weighted by molar-refractivity contribution is -0.117. The van der Waals surface area contributed by atoms with Crippen molar-refractivity contribution < 1.29 is 9.59 Å². The second kappa shape index (κ2) is 5.85. The van der Waals surface area contributed by atoms with Gasteiger partial charge >= 0.3 is 0 Å². The highest BCUT2D eigenvalue weighted by atomic mass is 16.2. The fourth-order valence-electron chi connectivity index (χ4n) is 3.08. The van der Waals surface area contributed by atoms with Crippen molar-refractivity contribution in [2.24, 2.45) is 11.7 Å². The van der Waals surface area contributed by atoms with Gasteiger partial charge in [-0.3, -0.25) is 9.59 Å². The largest absolute Gasteiger partial charge is 0.339 e. The molecule has 21 heavy (non-hydrogen) atoms. The zero-order chi connectivity index (χ0) is 14.8. The third-order valence-corrected chi connectivity index (χ3v) is 4.36. The molecule has 3 rings (SSSR count). The summed E-state index contributed by atoms with van der Waals surface area (Å²) < 4.78 is 0. The molecule has 2 saturated heterocycles. The molecular weight excluding hydrogens is 266 g/mol. The standard InChI is InChI=1S/C16H21N3O2/c17-10-12-9-15(20)19(11-12)14-5-3-13(4-6-14)16(21)18-7-1-2-8-18/h3-6,12H,1-2,7-11,17H2. The molecule has 5 nitrogen and oxygen atoms in total. The van der Waals surface area contributed by atoms with Gasteiger partial charge in [-0.05, 0) is 49.6 Å². The van der Waals surface area contributed by atoms with E-state index in [1.54, 1.807) is 4.90 Å². The van der Waals surface area contributed by atoms with Crippen molar-refractivity contribution >= 4 is 17.5 Å². The van der Waals surface area contributed by atoms with Gasteiger partial charge in [-0.15, -0.1) is 0 Å². The third kappa shape index (κ3) is 2.78. The van der Waals surface area contributed by atoms with E-state index in [0.717, 1.165) is 31.6 Å². The topological polar surface area (TPSA) is 66.6 Å². The molecule has 1 aromatic rings. The highest BCUT2D eigenvalue weighted by Gasteiger charge is 2.29. The second-order valence-corrected chi connectivity index (χ2v) is 5.86. The zero-order valence-electron chi connectivity index (χ0n) is 12.1. The monoisotopic (exact) mass is 287 g/mol. The molecule has 0 spiro atoms. The molecule has 2 fully saturated rings. The van der Waals surface area contributed by atoms with Gasteiger partial charge in [0.1, 0.15) is 0 Å². The van der Waals surface area contributed by atoms with Crippen LogP contribution in [-0.2, 0) is 4.79 Å². The minimum atomic E-state index is 0.0895. The Hall–Kier alpha value is -1.88. The minimum Gasteiger partial charge on any atom is -0.339 e. The molecule has 0 aromatic heterocycles. The van der Waals surface area contributed by atoms with E-state index in [0.29, 0.717) is 25.1 Å². The molecule has 0 aliphatic carbocycles. The summed E-state index contributed by atoms with van der Waals surface area (Å²) in [5, 5.41) is 0. The van der Waals surface area contributed by atoms with Crippen LogP contribution in [0.2, 0.25) is 0 Å². The number of nitrogens with zero attached hydrogens (tertiary/aromatic N) is 2. The Bertz CT molecular complexity index is 535. The summed E-state index contributed by atoms with van der Waals surface area (Å²) in [6.07, 6.45) is 2.70. The summed E-state index contributed by atoms with van der Waals surface area (Å²) in [6, 6.07) is 7.36. The van der Waals surface area contributed by atoms with Crippen molar-refractivity contribution in [3.63, 3.8) is 0 Å². The molecule has 1 atom stereocenters. The van der Waals surface area contributed by atoms with Crippen molar-refractivity contribution in [2.75, 3.05) is 31.1 Å². The predicted molar refractivity (Wildman–Crippen MR) is 81.1 cm³/mol. The van der Waals surface area contributed by atoms with E-state index in [4.69, 9.17) is 5.73 Å². The lowest BCUT2D eigenvalue weighted by Crippen LogP contribution is -2.28. The van der Waals surface area contributed by atoms with Crippen molar-refractivity contribution in [3.8, 4) is 0 Å². The average Bonchev–Trinajstić information content (AvgIpc) is 3.16. The van der Waals surface area contributed by atoms with Gasteiger partial charge in [0, 0.05) is 37.3 Å². The molecule has 2 aliphatic rings. The van der Waals surface area contributed by atoms with Crippen LogP contribution in [0.1, 0.15) is 29.6 Å². The van der Waals surface area contributed by atoms with Gasteiger partial charge < -0.3 is 15.5 Å². The Kier molecular flexibility index (Phi) is 3.92. The van der Waals surface area contributed by atoms with Crippen molar-refractivity contribution in [1.29, 1.82) is 0 Å². The normalized spacial score (nSPS) is 22.1. The molecule has 0 radical (unpaired) electrons. The van der Waals surface area contributed by atoms with Crippen LogP contribution in [-0.4, -0.2) is 42.9 Å². The number of nitrogens with two attached hydrogens (primary N) is 1. The molecule has 2 aliphatic heterocycles. The van der Waals surface area contributed by atoms with Gasteiger partial charge in [-0.25, -0.2) is 0 Å². The zero-order valence-corrected chi connectivity index (χ0v) is 12.1. The Morgan fingerprint density at radius 2 is 1.86 bits per heavy atom. The number of rotatable bonds is 3. The maximum atomic E-state index is 12.3. The second-order valence-electron chi connectivity index (χ2n) is 5.86. The van der Waals surface area contributed by atoms with E-state index in [-0.39, 0.29) is 17.7 Å². The third-order valence-electron chi connectivity index (χ3n) is 4.36. The smallest absolute Gasteiger partial charge is 0.253 e. The van der Waals surface area contributed by atoms with Crippen LogP contribution in [0.3, 0.4) is 0 Å². The molecule has 112 valence electrons. The summed E-state index contributed by atoms with van der Waals surface area (Å²) in [5.74, 6) is 0.444. The molecule has 1 aromatic carbocycles. The molecule has 5 heteroatoms. The number of carbonyl (C=O) groups is 2. The van der Waals surface area contributed by atoms with Crippen molar-refractivity contribution in [2.45, 2.75) is 19.3 Å². The summed E-state index contributed by atoms with van der Waals surface area (Å²) >= 11 is 0. The van der Waals surface area contributed by atoms with E-state index in [9.17, 15) is 9.59 Å². The van der Waals surface area contributed by atoms with E-state index in [2.05, 4.69) is 0 Å².